The Labute approximate surface area is 114 Å². The lowest BCUT2D eigenvalue weighted by molar-refractivity contribution is 0.0526. The van der Waals surface area contributed by atoms with E-state index in [2.05, 4.69) is 21.2 Å². The Morgan fingerprint density at radius 2 is 2.28 bits per heavy atom. The van der Waals surface area contributed by atoms with Crippen molar-refractivity contribution in [1.29, 1.82) is 0 Å². The van der Waals surface area contributed by atoms with Gasteiger partial charge in [-0.1, -0.05) is 0 Å². The molecule has 0 saturated carbocycles. The van der Waals surface area contributed by atoms with Crippen LogP contribution in [-0.4, -0.2) is 42.0 Å². The van der Waals surface area contributed by atoms with Crippen LogP contribution in [-0.2, 0) is 4.74 Å². The molecule has 0 saturated heterocycles. The number of anilines is 1. The predicted molar refractivity (Wildman–Crippen MR) is 71.7 cm³/mol. The highest BCUT2D eigenvalue weighted by atomic mass is 79.9. The van der Waals surface area contributed by atoms with Gasteiger partial charge in [-0.3, -0.25) is 0 Å². The van der Waals surface area contributed by atoms with Crippen molar-refractivity contribution in [3.63, 3.8) is 0 Å². The molecule has 0 aromatic heterocycles. The molecule has 0 aliphatic carbocycles. The second kappa shape index (κ2) is 7.35. The third kappa shape index (κ3) is 4.29. The number of nitrogens with one attached hydrogen (secondary N) is 1. The first-order valence-electron chi connectivity index (χ1n) is 5.58. The number of carbonyl (C=O) groups excluding carboxylic acids is 1. The molecule has 5 nitrogen and oxygen atoms in total. The Bertz CT molecular complexity index is 411. The van der Waals surface area contributed by atoms with Gasteiger partial charge in [0.05, 0.1) is 24.9 Å². The number of hydrogen-bond acceptors (Lipinski definition) is 5. The normalized spacial score (nSPS) is 12.0. The zero-order valence-corrected chi connectivity index (χ0v) is 11.6. The van der Waals surface area contributed by atoms with Gasteiger partial charge in [-0.25, -0.2) is 4.79 Å². The molecule has 1 unspecified atom stereocenters. The third-order valence-corrected chi connectivity index (χ3v) is 2.88. The fourth-order valence-corrected chi connectivity index (χ4v) is 1.81. The maximum absolute atomic E-state index is 11.5. The number of hydrogen-bond donors (Lipinski definition) is 3. The Balaban J connectivity index is 2.70. The molecule has 0 aliphatic rings. The van der Waals surface area contributed by atoms with Crippen molar-refractivity contribution in [3.05, 3.63) is 28.2 Å². The van der Waals surface area contributed by atoms with Crippen molar-refractivity contribution in [3.8, 4) is 0 Å². The summed E-state index contributed by atoms with van der Waals surface area (Å²) >= 11 is 3.32. The first-order valence-corrected chi connectivity index (χ1v) is 6.37. The highest BCUT2D eigenvalue weighted by Crippen LogP contribution is 2.24. The van der Waals surface area contributed by atoms with Gasteiger partial charge in [-0.05, 0) is 41.1 Å². The maximum atomic E-state index is 11.5. The fraction of sp³-hybridized carbons (Fsp3) is 0.417. The molecule has 1 aromatic carbocycles. The van der Waals surface area contributed by atoms with Crippen LogP contribution in [0.25, 0.3) is 0 Å². The van der Waals surface area contributed by atoms with Gasteiger partial charge in [0, 0.05) is 16.7 Å². The minimum absolute atomic E-state index is 0.230. The molecular formula is C12H16BrNO4. The highest BCUT2D eigenvalue weighted by molar-refractivity contribution is 9.10. The Kier molecular flexibility index (Phi) is 6.11. The molecule has 18 heavy (non-hydrogen) atoms. The van der Waals surface area contributed by atoms with Gasteiger partial charge in [0.1, 0.15) is 0 Å². The smallest absolute Gasteiger partial charge is 0.338 e. The molecule has 0 fully saturated rings. The average Bonchev–Trinajstić information content (AvgIpc) is 2.37. The summed E-state index contributed by atoms with van der Waals surface area (Å²) in [4.78, 5) is 11.5. The highest BCUT2D eigenvalue weighted by Gasteiger charge is 2.10. The summed E-state index contributed by atoms with van der Waals surface area (Å²) in [6.45, 7) is 2.01. The number of carbonyl (C=O) groups is 1. The Morgan fingerprint density at radius 1 is 1.56 bits per heavy atom. The van der Waals surface area contributed by atoms with Crippen molar-refractivity contribution >= 4 is 27.6 Å². The van der Waals surface area contributed by atoms with Gasteiger partial charge in [0.25, 0.3) is 0 Å². The number of benzene rings is 1. The average molecular weight is 318 g/mol. The quantitative estimate of drug-likeness (QED) is 0.691. The third-order valence-electron chi connectivity index (χ3n) is 2.22. The molecule has 0 heterocycles. The fourth-order valence-electron chi connectivity index (χ4n) is 1.29. The van der Waals surface area contributed by atoms with E-state index in [0.29, 0.717) is 16.6 Å². The van der Waals surface area contributed by atoms with E-state index >= 15 is 0 Å². The number of rotatable bonds is 6. The van der Waals surface area contributed by atoms with E-state index < -0.39 is 6.10 Å². The van der Waals surface area contributed by atoms with Gasteiger partial charge < -0.3 is 20.3 Å². The number of aliphatic hydroxyl groups is 2. The summed E-state index contributed by atoms with van der Waals surface area (Å²) < 4.78 is 5.58. The van der Waals surface area contributed by atoms with E-state index in [1.165, 1.54) is 0 Å². The second-order valence-corrected chi connectivity index (χ2v) is 4.49. The van der Waals surface area contributed by atoms with Crippen LogP contribution in [0.2, 0.25) is 0 Å². The van der Waals surface area contributed by atoms with Crippen LogP contribution in [0.4, 0.5) is 5.69 Å². The van der Waals surface area contributed by atoms with Gasteiger partial charge in [-0.15, -0.1) is 0 Å². The van der Waals surface area contributed by atoms with Crippen molar-refractivity contribution in [2.24, 2.45) is 0 Å². The minimum atomic E-state index is -0.818. The van der Waals surface area contributed by atoms with Gasteiger partial charge in [-0.2, -0.15) is 0 Å². The van der Waals surface area contributed by atoms with Crippen molar-refractivity contribution in [2.45, 2.75) is 13.0 Å². The molecule has 1 atom stereocenters. The molecule has 1 aromatic rings. The van der Waals surface area contributed by atoms with E-state index in [4.69, 9.17) is 9.84 Å². The number of ether oxygens (including phenoxy) is 1. The monoisotopic (exact) mass is 317 g/mol. The molecule has 0 aliphatic heterocycles. The molecule has 3 N–H and O–H groups in total. The van der Waals surface area contributed by atoms with Crippen molar-refractivity contribution in [1.82, 2.24) is 0 Å². The van der Waals surface area contributed by atoms with Crippen LogP contribution in [0.5, 0.6) is 0 Å². The first kappa shape index (κ1) is 14.9. The van der Waals surface area contributed by atoms with E-state index in [0.717, 1.165) is 5.69 Å². The molecule has 0 radical (unpaired) electrons. The lowest BCUT2D eigenvalue weighted by Gasteiger charge is -2.12. The molecule has 100 valence electrons. The lowest BCUT2D eigenvalue weighted by atomic mass is 10.2. The van der Waals surface area contributed by atoms with E-state index in [9.17, 15) is 9.90 Å². The molecule has 6 heteroatoms. The Morgan fingerprint density at radius 3 is 2.83 bits per heavy atom. The summed E-state index contributed by atoms with van der Waals surface area (Å²) in [6, 6.07) is 4.99. The molecule has 0 bridgehead atoms. The second-order valence-electron chi connectivity index (χ2n) is 3.63. The molecule has 0 amide bonds. The summed E-state index contributed by atoms with van der Waals surface area (Å²) in [7, 11) is 0. The summed E-state index contributed by atoms with van der Waals surface area (Å²) in [5.41, 5.74) is 1.19. The van der Waals surface area contributed by atoms with Crippen LogP contribution in [0, 0.1) is 0 Å². The number of aliphatic hydroxyl groups excluding tert-OH is 2. The number of esters is 1. The van der Waals surface area contributed by atoms with Crippen LogP contribution < -0.4 is 5.32 Å². The van der Waals surface area contributed by atoms with E-state index in [1.54, 1.807) is 25.1 Å². The van der Waals surface area contributed by atoms with E-state index in [1.807, 2.05) is 0 Å². The summed E-state index contributed by atoms with van der Waals surface area (Å²) in [6.07, 6.45) is -0.818. The van der Waals surface area contributed by atoms with Crippen LogP contribution in [0.15, 0.2) is 22.7 Å². The molecular weight excluding hydrogens is 302 g/mol. The van der Waals surface area contributed by atoms with Crippen LogP contribution in [0.1, 0.15) is 17.3 Å². The molecule has 1 rings (SSSR count). The van der Waals surface area contributed by atoms with Crippen LogP contribution >= 0.6 is 15.9 Å². The Hall–Kier alpha value is -1.11. The SMILES string of the molecule is CCOC(=O)c1ccc(NCC(O)CO)c(Br)c1. The van der Waals surface area contributed by atoms with Crippen molar-refractivity contribution < 1.29 is 19.7 Å². The zero-order chi connectivity index (χ0) is 13.5. The first-order chi connectivity index (χ1) is 8.58. The van der Waals surface area contributed by atoms with Crippen molar-refractivity contribution in [2.75, 3.05) is 25.1 Å². The van der Waals surface area contributed by atoms with Gasteiger partial charge in [0.15, 0.2) is 0 Å². The minimum Gasteiger partial charge on any atom is -0.462 e. The lowest BCUT2D eigenvalue weighted by Crippen LogP contribution is -2.23. The summed E-state index contributed by atoms with van der Waals surface area (Å²) in [5.74, 6) is -0.375. The van der Waals surface area contributed by atoms with Crippen LogP contribution in [0.3, 0.4) is 0 Å². The van der Waals surface area contributed by atoms with E-state index in [-0.39, 0.29) is 19.1 Å². The predicted octanol–water partition coefficient (Wildman–Crippen LogP) is 1.39. The maximum Gasteiger partial charge on any atom is 0.338 e. The summed E-state index contributed by atoms with van der Waals surface area (Å²) in [5, 5.41) is 20.9. The number of halogens is 1. The zero-order valence-electron chi connectivity index (χ0n) is 10.0. The topological polar surface area (TPSA) is 78.8 Å². The molecule has 0 spiro atoms. The standard InChI is InChI=1S/C12H16BrNO4/c1-2-18-12(17)8-3-4-11(10(13)5-8)14-6-9(16)7-15/h3-5,9,14-16H,2,6-7H2,1H3. The van der Waals surface area contributed by atoms with Gasteiger partial charge >= 0.3 is 5.97 Å². The van der Waals surface area contributed by atoms with Gasteiger partial charge in [0.2, 0.25) is 0 Å². The largest absolute Gasteiger partial charge is 0.462 e.